The highest BCUT2D eigenvalue weighted by molar-refractivity contribution is 5.83. The Bertz CT molecular complexity index is 491. The van der Waals surface area contributed by atoms with Gasteiger partial charge in [-0.05, 0) is 12.0 Å². The van der Waals surface area contributed by atoms with Crippen LogP contribution in [0.15, 0.2) is 12.4 Å². The van der Waals surface area contributed by atoms with Gasteiger partial charge in [0.15, 0.2) is 0 Å². The molecule has 0 saturated carbocycles. The van der Waals surface area contributed by atoms with Crippen LogP contribution >= 0.6 is 0 Å². The minimum absolute atomic E-state index is 0.231. The number of aromatic nitrogens is 4. The molecule has 1 N–H and O–H groups in total. The second kappa shape index (κ2) is 3.06. The van der Waals surface area contributed by atoms with Gasteiger partial charge in [-0.2, -0.15) is 4.98 Å². The lowest BCUT2D eigenvalue weighted by Gasteiger charge is -1.94. The Morgan fingerprint density at radius 1 is 1.64 bits per heavy atom. The van der Waals surface area contributed by atoms with Gasteiger partial charge in [-0.25, -0.2) is 14.3 Å². The highest BCUT2D eigenvalue weighted by Crippen LogP contribution is 2.01. The minimum Gasteiger partial charge on any atom is -0.475 e. The zero-order valence-electron chi connectivity index (χ0n) is 7.51. The topological polar surface area (TPSA) is 80.4 Å². The Kier molecular flexibility index (Phi) is 1.88. The SMILES string of the molecule is CCc1cnc2nc(C(=O)O)nn2c1. The summed E-state index contributed by atoms with van der Waals surface area (Å²) in [5.41, 5.74) is 0.985. The summed E-state index contributed by atoms with van der Waals surface area (Å²) < 4.78 is 1.38. The van der Waals surface area contributed by atoms with E-state index in [0.29, 0.717) is 5.78 Å². The van der Waals surface area contributed by atoms with Gasteiger partial charge in [0.05, 0.1) is 0 Å². The average Bonchev–Trinajstić information content (AvgIpc) is 2.59. The highest BCUT2D eigenvalue weighted by atomic mass is 16.4. The number of aromatic carboxylic acids is 1. The first-order chi connectivity index (χ1) is 6.70. The molecule has 0 amide bonds. The van der Waals surface area contributed by atoms with Crippen LogP contribution in [0.2, 0.25) is 0 Å². The first-order valence-corrected chi connectivity index (χ1v) is 4.15. The van der Waals surface area contributed by atoms with Gasteiger partial charge >= 0.3 is 5.97 Å². The smallest absolute Gasteiger partial charge is 0.375 e. The first kappa shape index (κ1) is 8.61. The normalized spacial score (nSPS) is 10.6. The molecule has 6 nitrogen and oxygen atoms in total. The van der Waals surface area contributed by atoms with Crippen LogP contribution in [0.1, 0.15) is 23.1 Å². The van der Waals surface area contributed by atoms with Crippen molar-refractivity contribution in [2.24, 2.45) is 0 Å². The van der Waals surface area contributed by atoms with Crippen LogP contribution in [0, 0.1) is 0 Å². The number of carbonyl (C=O) groups is 1. The van der Waals surface area contributed by atoms with E-state index in [0.717, 1.165) is 12.0 Å². The number of aryl methyl sites for hydroxylation is 1. The largest absolute Gasteiger partial charge is 0.475 e. The maximum Gasteiger partial charge on any atom is 0.375 e. The fraction of sp³-hybridized carbons (Fsp3) is 0.250. The van der Waals surface area contributed by atoms with Gasteiger partial charge in [-0.15, -0.1) is 5.10 Å². The maximum atomic E-state index is 10.6. The van der Waals surface area contributed by atoms with Crippen molar-refractivity contribution in [3.05, 3.63) is 23.8 Å². The highest BCUT2D eigenvalue weighted by Gasteiger charge is 2.11. The van der Waals surface area contributed by atoms with E-state index >= 15 is 0 Å². The second-order valence-corrected chi connectivity index (χ2v) is 2.80. The van der Waals surface area contributed by atoms with Crippen molar-refractivity contribution >= 4 is 11.7 Å². The van der Waals surface area contributed by atoms with E-state index in [9.17, 15) is 4.79 Å². The number of hydrogen-bond donors (Lipinski definition) is 1. The summed E-state index contributed by atoms with van der Waals surface area (Å²) in [5, 5.41) is 12.4. The summed E-state index contributed by atoms with van der Waals surface area (Å²) in [6, 6.07) is 0. The van der Waals surface area contributed by atoms with Gasteiger partial charge in [-0.1, -0.05) is 6.92 Å². The predicted molar refractivity (Wildman–Crippen MR) is 47.1 cm³/mol. The lowest BCUT2D eigenvalue weighted by atomic mass is 10.3. The second-order valence-electron chi connectivity index (χ2n) is 2.80. The van der Waals surface area contributed by atoms with Crippen LogP contribution in [0.3, 0.4) is 0 Å². The lowest BCUT2D eigenvalue weighted by Crippen LogP contribution is -1.99. The van der Waals surface area contributed by atoms with Crippen molar-refractivity contribution in [3.63, 3.8) is 0 Å². The molecular formula is C8H8N4O2. The average molecular weight is 192 g/mol. The van der Waals surface area contributed by atoms with Crippen molar-refractivity contribution in [2.75, 3.05) is 0 Å². The van der Waals surface area contributed by atoms with E-state index in [2.05, 4.69) is 15.1 Å². The van der Waals surface area contributed by atoms with Crippen molar-refractivity contribution in [2.45, 2.75) is 13.3 Å². The monoisotopic (exact) mass is 192 g/mol. The molecule has 0 atom stereocenters. The zero-order chi connectivity index (χ0) is 10.1. The molecular weight excluding hydrogens is 184 g/mol. The van der Waals surface area contributed by atoms with Crippen LogP contribution in [0.4, 0.5) is 0 Å². The van der Waals surface area contributed by atoms with E-state index in [1.165, 1.54) is 4.52 Å². The van der Waals surface area contributed by atoms with Gasteiger partial charge in [0.1, 0.15) is 0 Å². The zero-order valence-corrected chi connectivity index (χ0v) is 7.51. The van der Waals surface area contributed by atoms with Crippen molar-refractivity contribution in [1.29, 1.82) is 0 Å². The van der Waals surface area contributed by atoms with Crippen LogP contribution in [-0.4, -0.2) is 30.7 Å². The Balaban J connectivity index is 2.60. The van der Waals surface area contributed by atoms with Gasteiger partial charge in [0.25, 0.3) is 11.6 Å². The first-order valence-electron chi connectivity index (χ1n) is 4.15. The molecule has 0 unspecified atom stereocenters. The molecule has 2 aromatic rings. The van der Waals surface area contributed by atoms with Crippen LogP contribution in [0.25, 0.3) is 5.78 Å². The number of hydrogen-bond acceptors (Lipinski definition) is 4. The molecule has 0 aliphatic rings. The minimum atomic E-state index is -1.14. The quantitative estimate of drug-likeness (QED) is 0.744. The molecule has 0 saturated heterocycles. The number of nitrogens with zero attached hydrogens (tertiary/aromatic N) is 4. The van der Waals surface area contributed by atoms with Crippen molar-refractivity contribution < 1.29 is 9.90 Å². The number of rotatable bonds is 2. The third kappa shape index (κ3) is 1.30. The summed E-state index contributed by atoms with van der Waals surface area (Å²) in [4.78, 5) is 18.3. The Morgan fingerprint density at radius 3 is 3.07 bits per heavy atom. The standard InChI is InChI=1S/C8H8N4O2/c1-2-5-3-9-8-10-6(7(13)14)11-12(8)4-5/h3-4H,2H2,1H3,(H,13,14). The van der Waals surface area contributed by atoms with Gasteiger partial charge in [-0.3, -0.25) is 0 Å². The number of carboxylic acids is 1. The summed E-state index contributed by atoms with van der Waals surface area (Å²) in [6.07, 6.45) is 4.21. The molecule has 0 fully saturated rings. The number of carboxylic acid groups (broad SMARTS) is 1. The lowest BCUT2D eigenvalue weighted by molar-refractivity contribution is 0.0684. The molecule has 6 heteroatoms. The summed E-state index contributed by atoms with van der Waals surface area (Å²) in [7, 11) is 0. The predicted octanol–water partition coefficient (Wildman–Crippen LogP) is 0.385. The molecule has 72 valence electrons. The van der Waals surface area contributed by atoms with E-state index < -0.39 is 5.97 Å². The Morgan fingerprint density at radius 2 is 2.43 bits per heavy atom. The molecule has 2 rings (SSSR count). The number of fused-ring (bicyclic) bond motifs is 1. The third-order valence-corrected chi connectivity index (χ3v) is 1.85. The molecule has 0 aromatic carbocycles. The summed E-state index contributed by atoms with van der Waals surface area (Å²) in [6.45, 7) is 1.98. The Hall–Kier alpha value is -1.98. The van der Waals surface area contributed by atoms with Crippen LogP contribution < -0.4 is 0 Å². The fourth-order valence-electron chi connectivity index (χ4n) is 1.09. The maximum absolute atomic E-state index is 10.6. The molecule has 2 heterocycles. The molecule has 0 aliphatic carbocycles. The van der Waals surface area contributed by atoms with E-state index in [1.54, 1.807) is 12.4 Å². The van der Waals surface area contributed by atoms with Crippen molar-refractivity contribution in [3.8, 4) is 0 Å². The van der Waals surface area contributed by atoms with Crippen molar-refractivity contribution in [1.82, 2.24) is 19.6 Å². The van der Waals surface area contributed by atoms with Gasteiger partial charge in [0, 0.05) is 12.4 Å². The third-order valence-electron chi connectivity index (χ3n) is 1.85. The van der Waals surface area contributed by atoms with E-state index in [1.807, 2.05) is 6.92 Å². The van der Waals surface area contributed by atoms with Crippen LogP contribution in [-0.2, 0) is 6.42 Å². The molecule has 0 spiro atoms. The van der Waals surface area contributed by atoms with Crippen LogP contribution in [0.5, 0.6) is 0 Å². The molecule has 0 bridgehead atoms. The molecule has 0 aliphatic heterocycles. The fourth-order valence-corrected chi connectivity index (χ4v) is 1.09. The van der Waals surface area contributed by atoms with Gasteiger partial charge < -0.3 is 5.11 Å². The summed E-state index contributed by atoms with van der Waals surface area (Å²) in [5.74, 6) is -1.07. The van der Waals surface area contributed by atoms with E-state index in [-0.39, 0.29) is 5.82 Å². The summed E-state index contributed by atoms with van der Waals surface area (Å²) >= 11 is 0. The van der Waals surface area contributed by atoms with Gasteiger partial charge in [0.2, 0.25) is 0 Å². The van der Waals surface area contributed by atoms with E-state index in [4.69, 9.17) is 5.11 Å². The Labute approximate surface area is 79.2 Å². The molecule has 14 heavy (non-hydrogen) atoms. The molecule has 0 radical (unpaired) electrons. The molecule has 2 aromatic heterocycles.